The van der Waals surface area contributed by atoms with Gasteiger partial charge in [0.25, 0.3) is 0 Å². The second-order valence-electron chi connectivity index (χ2n) is 8.43. The number of carbonyl (C=O) groups is 1. The van der Waals surface area contributed by atoms with Crippen LogP contribution in [0.5, 0.6) is 0 Å². The number of thioether (sulfide) groups is 1. The van der Waals surface area contributed by atoms with Crippen molar-refractivity contribution in [1.29, 1.82) is 0 Å². The molecule has 2 heterocycles. The molecule has 3 nitrogen and oxygen atoms in total. The van der Waals surface area contributed by atoms with Gasteiger partial charge in [0.15, 0.2) is 15.6 Å². The maximum absolute atomic E-state index is 12.6. The minimum atomic E-state index is -2.90. The van der Waals surface area contributed by atoms with Gasteiger partial charge in [-0.1, -0.05) is 41.4 Å². The highest BCUT2D eigenvalue weighted by Crippen LogP contribution is 2.51. The van der Waals surface area contributed by atoms with Crippen LogP contribution in [0.15, 0.2) is 41.8 Å². The maximum atomic E-state index is 12.6. The van der Waals surface area contributed by atoms with E-state index in [9.17, 15) is 13.2 Å². The number of aryl methyl sites for hydroxylation is 1. The molecule has 4 rings (SSSR count). The fourth-order valence-electron chi connectivity index (χ4n) is 4.18. The highest BCUT2D eigenvalue weighted by atomic mass is 35.5. The molecule has 158 valence electrons. The number of halogens is 2. The number of hydrogen-bond acceptors (Lipinski definition) is 4. The van der Waals surface area contributed by atoms with E-state index in [0.717, 1.165) is 23.1 Å². The molecule has 0 spiro atoms. The van der Waals surface area contributed by atoms with Gasteiger partial charge in [-0.25, -0.2) is 8.42 Å². The summed E-state index contributed by atoms with van der Waals surface area (Å²) < 4.78 is 22.5. The van der Waals surface area contributed by atoms with E-state index in [2.05, 4.69) is 12.3 Å². The Labute approximate surface area is 191 Å². The Morgan fingerprint density at radius 2 is 1.80 bits per heavy atom. The lowest BCUT2D eigenvalue weighted by Crippen LogP contribution is -2.37. The third-order valence-electron chi connectivity index (χ3n) is 5.81. The van der Waals surface area contributed by atoms with Crippen LogP contribution < -0.4 is 0 Å². The Morgan fingerprint density at radius 1 is 1.13 bits per heavy atom. The molecule has 2 aromatic carbocycles. The van der Waals surface area contributed by atoms with E-state index in [0.29, 0.717) is 22.0 Å². The molecule has 1 unspecified atom stereocenters. The van der Waals surface area contributed by atoms with Crippen LogP contribution in [0.1, 0.15) is 46.8 Å². The lowest BCUT2D eigenvalue weighted by Gasteiger charge is -2.25. The zero-order chi connectivity index (χ0) is 21.7. The fraction of sp³-hybridized carbons (Fsp3) is 0.348. The van der Waals surface area contributed by atoms with Crippen LogP contribution in [0.2, 0.25) is 10.0 Å². The molecular formula is C23H22Cl2O3S2. The summed E-state index contributed by atoms with van der Waals surface area (Å²) >= 11 is 14.2. The molecule has 0 N–H and O–H groups in total. The molecule has 2 aromatic rings. The van der Waals surface area contributed by atoms with E-state index in [-0.39, 0.29) is 28.0 Å². The van der Waals surface area contributed by atoms with Crippen LogP contribution >= 0.6 is 35.0 Å². The quantitative estimate of drug-likeness (QED) is 0.470. The Balaban J connectivity index is 1.49. The number of rotatable bonds is 5. The van der Waals surface area contributed by atoms with Gasteiger partial charge in [-0.2, -0.15) is 0 Å². The largest absolute Gasteiger partial charge is 0.294 e. The van der Waals surface area contributed by atoms with Gasteiger partial charge in [-0.3, -0.25) is 4.79 Å². The lowest BCUT2D eigenvalue weighted by atomic mass is 9.89. The molecule has 0 aliphatic carbocycles. The van der Waals surface area contributed by atoms with Gasteiger partial charge in [0.1, 0.15) is 0 Å². The molecule has 1 fully saturated rings. The molecular weight excluding hydrogens is 459 g/mol. The summed E-state index contributed by atoms with van der Waals surface area (Å²) in [5.74, 6) is 0.242. The number of ketones is 1. The number of benzene rings is 2. The van der Waals surface area contributed by atoms with Crippen molar-refractivity contribution >= 4 is 56.2 Å². The predicted octanol–water partition coefficient (Wildman–Crippen LogP) is 6.31. The first-order chi connectivity index (χ1) is 14.0. The Bertz CT molecular complexity index is 1140. The SMILES string of the molecule is Cc1cc(C2=CSC(C)(c3cc(Cl)cc(Cl)c3)C2)ccc1C(=O)CC1CS(=O)(=O)C1. The monoisotopic (exact) mass is 480 g/mol. The minimum Gasteiger partial charge on any atom is -0.294 e. The van der Waals surface area contributed by atoms with E-state index in [1.807, 2.05) is 37.3 Å². The number of allylic oxidation sites excluding steroid dienone is 1. The first-order valence-electron chi connectivity index (χ1n) is 9.73. The Morgan fingerprint density at radius 3 is 2.40 bits per heavy atom. The van der Waals surface area contributed by atoms with Gasteiger partial charge in [-0.05, 0) is 72.1 Å². The zero-order valence-electron chi connectivity index (χ0n) is 16.7. The van der Waals surface area contributed by atoms with E-state index >= 15 is 0 Å². The first kappa shape index (κ1) is 21.9. The summed E-state index contributed by atoms with van der Waals surface area (Å²) in [4.78, 5) is 12.6. The van der Waals surface area contributed by atoms with Gasteiger partial charge in [0.2, 0.25) is 0 Å². The lowest BCUT2D eigenvalue weighted by molar-refractivity contribution is 0.0966. The van der Waals surface area contributed by atoms with Gasteiger partial charge in [0.05, 0.1) is 11.5 Å². The summed E-state index contributed by atoms with van der Waals surface area (Å²) in [6.45, 7) is 4.12. The number of carbonyl (C=O) groups excluding carboxylic acids is 1. The predicted molar refractivity (Wildman–Crippen MR) is 126 cm³/mol. The van der Waals surface area contributed by atoms with Crippen LogP contribution in [0.3, 0.4) is 0 Å². The van der Waals surface area contributed by atoms with Gasteiger partial charge in [-0.15, -0.1) is 11.8 Å². The van der Waals surface area contributed by atoms with E-state index < -0.39 is 9.84 Å². The third kappa shape index (κ3) is 4.50. The Kier molecular flexibility index (Phi) is 5.86. The van der Waals surface area contributed by atoms with Crippen LogP contribution in [0.25, 0.3) is 5.57 Å². The topological polar surface area (TPSA) is 51.2 Å². The molecule has 0 bridgehead atoms. The molecule has 2 aliphatic heterocycles. The molecule has 0 amide bonds. The minimum absolute atomic E-state index is 0.0205. The molecule has 2 aliphatic rings. The van der Waals surface area contributed by atoms with Crippen LogP contribution in [0.4, 0.5) is 0 Å². The smallest absolute Gasteiger partial charge is 0.163 e. The average Bonchev–Trinajstić information content (AvgIpc) is 3.03. The zero-order valence-corrected chi connectivity index (χ0v) is 19.9. The van der Waals surface area contributed by atoms with E-state index in [1.54, 1.807) is 17.8 Å². The second kappa shape index (κ2) is 8.01. The second-order valence-corrected chi connectivity index (χ2v) is 12.8. The normalized spacial score (nSPS) is 23.1. The molecule has 1 atom stereocenters. The molecule has 0 saturated carbocycles. The van der Waals surface area contributed by atoms with Crippen molar-refractivity contribution in [2.75, 3.05) is 11.5 Å². The third-order valence-corrected chi connectivity index (χ3v) is 9.51. The van der Waals surface area contributed by atoms with Crippen molar-refractivity contribution in [3.63, 3.8) is 0 Å². The molecule has 1 saturated heterocycles. The van der Waals surface area contributed by atoms with Crippen LogP contribution in [-0.2, 0) is 14.6 Å². The highest BCUT2D eigenvalue weighted by molar-refractivity contribution is 8.03. The maximum Gasteiger partial charge on any atom is 0.163 e. The Hall–Kier alpha value is -1.27. The molecule has 0 aromatic heterocycles. The van der Waals surface area contributed by atoms with Crippen LogP contribution in [-0.4, -0.2) is 25.7 Å². The van der Waals surface area contributed by atoms with Crippen molar-refractivity contribution in [1.82, 2.24) is 0 Å². The summed E-state index contributed by atoms with van der Waals surface area (Å²) in [5, 5.41) is 3.43. The summed E-state index contributed by atoms with van der Waals surface area (Å²) in [6.07, 6.45) is 1.13. The van der Waals surface area contributed by atoms with E-state index in [4.69, 9.17) is 23.2 Å². The van der Waals surface area contributed by atoms with Crippen molar-refractivity contribution in [3.05, 3.63) is 74.1 Å². The molecule has 30 heavy (non-hydrogen) atoms. The van der Waals surface area contributed by atoms with Crippen molar-refractivity contribution in [3.8, 4) is 0 Å². The average molecular weight is 481 g/mol. The summed E-state index contributed by atoms with van der Waals surface area (Å²) in [6, 6.07) is 11.6. The highest BCUT2D eigenvalue weighted by Gasteiger charge is 2.36. The number of hydrogen-bond donors (Lipinski definition) is 0. The molecule has 0 radical (unpaired) electrons. The first-order valence-corrected chi connectivity index (χ1v) is 13.2. The van der Waals surface area contributed by atoms with Crippen molar-refractivity contribution < 1.29 is 13.2 Å². The van der Waals surface area contributed by atoms with Gasteiger partial charge in [0, 0.05) is 26.8 Å². The van der Waals surface area contributed by atoms with Crippen molar-refractivity contribution in [2.24, 2.45) is 5.92 Å². The standard InChI is InChI=1S/C23H22Cl2O3S2/c1-14-5-16(3-4-21(14)22(26)6-15-12-30(27,28)13-15)17-10-23(2,29-11-17)18-7-19(24)9-20(25)8-18/h3-5,7-9,11,15H,6,10,12-13H2,1-2H3. The summed E-state index contributed by atoms with van der Waals surface area (Å²) in [7, 11) is -2.90. The van der Waals surface area contributed by atoms with E-state index in [1.165, 1.54) is 5.57 Å². The fourth-order valence-corrected chi connectivity index (χ4v) is 7.40. The van der Waals surface area contributed by atoms with Gasteiger partial charge < -0.3 is 0 Å². The van der Waals surface area contributed by atoms with Crippen molar-refractivity contribution in [2.45, 2.75) is 31.4 Å². The number of sulfone groups is 1. The number of Topliss-reactive ketones (excluding diaryl/α,β-unsaturated/α-hetero) is 1. The van der Waals surface area contributed by atoms with Gasteiger partial charge >= 0.3 is 0 Å². The molecule has 7 heteroatoms. The van der Waals surface area contributed by atoms with Crippen LogP contribution in [0, 0.1) is 12.8 Å². The summed E-state index contributed by atoms with van der Waals surface area (Å²) in [5.41, 5.74) is 5.00.